The number of Topliss-reactive ketones (excluding diaryl/α,β-unsaturated/α-hetero) is 1. The van der Waals surface area contributed by atoms with Crippen LogP contribution in [0.4, 0.5) is 5.00 Å². The van der Waals surface area contributed by atoms with Crippen LogP contribution in [0.1, 0.15) is 49.8 Å². The normalized spacial score (nSPS) is 10.8. The Balaban J connectivity index is 1.81. The summed E-state index contributed by atoms with van der Waals surface area (Å²) in [6.45, 7) is 5.00. The van der Waals surface area contributed by atoms with Crippen LogP contribution in [0.25, 0.3) is 22.2 Å². The van der Waals surface area contributed by atoms with E-state index in [0.29, 0.717) is 32.6 Å². The van der Waals surface area contributed by atoms with E-state index in [1.807, 2.05) is 48.5 Å². The molecule has 0 saturated heterocycles. The zero-order chi connectivity index (χ0) is 24.4. The SMILES string of the molecule is CCOC(=O)c1c(NC(=O)c2cc(-c3ccc(Br)cc3)nc3ccccc23)sc(C(C)=O)c1C. The molecule has 8 heteroatoms. The Bertz CT molecular complexity index is 1430. The summed E-state index contributed by atoms with van der Waals surface area (Å²) in [4.78, 5) is 43.4. The number of aromatic nitrogens is 1. The van der Waals surface area contributed by atoms with Gasteiger partial charge >= 0.3 is 5.97 Å². The highest BCUT2D eigenvalue weighted by molar-refractivity contribution is 9.10. The number of anilines is 1. The lowest BCUT2D eigenvalue weighted by Crippen LogP contribution is -2.15. The molecule has 0 unspecified atom stereocenters. The van der Waals surface area contributed by atoms with Crippen LogP contribution >= 0.6 is 27.3 Å². The maximum Gasteiger partial charge on any atom is 0.341 e. The fourth-order valence-corrected chi connectivity index (χ4v) is 5.04. The number of carbonyl (C=O) groups is 3. The molecule has 0 aliphatic heterocycles. The Morgan fingerprint density at radius 1 is 1.09 bits per heavy atom. The number of para-hydroxylation sites is 1. The lowest BCUT2D eigenvalue weighted by Gasteiger charge is -2.11. The van der Waals surface area contributed by atoms with E-state index in [1.54, 1.807) is 19.9 Å². The minimum Gasteiger partial charge on any atom is -0.462 e. The molecule has 2 aromatic heterocycles. The first-order valence-corrected chi connectivity index (χ1v) is 12.2. The fraction of sp³-hybridized carbons (Fsp3) is 0.154. The molecule has 0 atom stereocenters. The van der Waals surface area contributed by atoms with Crippen molar-refractivity contribution in [3.05, 3.63) is 80.6 Å². The number of fused-ring (bicyclic) bond motifs is 1. The van der Waals surface area contributed by atoms with E-state index in [-0.39, 0.29) is 23.0 Å². The van der Waals surface area contributed by atoms with Crippen molar-refractivity contribution >= 4 is 60.8 Å². The molecule has 0 aliphatic rings. The molecular weight excluding hydrogens is 516 g/mol. The Kier molecular flexibility index (Phi) is 6.90. The van der Waals surface area contributed by atoms with Gasteiger partial charge in [0.2, 0.25) is 0 Å². The second kappa shape index (κ2) is 9.87. The minimum atomic E-state index is -0.575. The predicted molar refractivity (Wildman–Crippen MR) is 138 cm³/mol. The van der Waals surface area contributed by atoms with E-state index in [9.17, 15) is 14.4 Å². The quantitative estimate of drug-likeness (QED) is 0.220. The average Bonchev–Trinajstić information content (AvgIpc) is 3.14. The molecule has 4 aromatic rings. The first kappa shape index (κ1) is 23.8. The molecule has 0 fully saturated rings. The number of ether oxygens (including phenoxy) is 1. The molecule has 0 radical (unpaired) electrons. The van der Waals surface area contributed by atoms with Crippen LogP contribution in [0.15, 0.2) is 59.1 Å². The van der Waals surface area contributed by atoms with Crippen LogP contribution in [0, 0.1) is 6.92 Å². The van der Waals surface area contributed by atoms with Gasteiger partial charge in [-0.15, -0.1) is 11.3 Å². The average molecular weight is 537 g/mol. The lowest BCUT2D eigenvalue weighted by molar-refractivity contribution is 0.0527. The number of esters is 1. The molecule has 6 nitrogen and oxygen atoms in total. The largest absolute Gasteiger partial charge is 0.462 e. The van der Waals surface area contributed by atoms with Gasteiger partial charge in [-0.1, -0.05) is 46.3 Å². The molecule has 0 saturated carbocycles. The van der Waals surface area contributed by atoms with Gasteiger partial charge in [0.1, 0.15) is 5.00 Å². The first-order valence-electron chi connectivity index (χ1n) is 10.6. The fourth-order valence-electron chi connectivity index (χ4n) is 3.69. The van der Waals surface area contributed by atoms with Gasteiger partial charge in [-0.2, -0.15) is 0 Å². The number of hydrogen-bond acceptors (Lipinski definition) is 6. The standard InChI is InChI=1S/C26H21BrN2O4S/c1-4-33-26(32)22-14(2)23(15(3)30)34-25(22)29-24(31)19-13-21(16-9-11-17(27)12-10-16)28-20-8-6-5-7-18(19)20/h5-13H,4H2,1-3H3,(H,29,31). The summed E-state index contributed by atoms with van der Waals surface area (Å²) in [6.07, 6.45) is 0. The van der Waals surface area contributed by atoms with Gasteiger partial charge in [-0.25, -0.2) is 9.78 Å². The maximum atomic E-state index is 13.5. The van der Waals surface area contributed by atoms with Crippen molar-refractivity contribution in [2.24, 2.45) is 0 Å². The van der Waals surface area contributed by atoms with Gasteiger partial charge in [-0.3, -0.25) is 9.59 Å². The summed E-state index contributed by atoms with van der Waals surface area (Å²) in [6, 6.07) is 16.8. The van der Waals surface area contributed by atoms with Crippen molar-refractivity contribution in [2.75, 3.05) is 11.9 Å². The summed E-state index contributed by atoms with van der Waals surface area (Å²) in [5, 5.41) is 3.82. The number of thiophene rings is 1. The maximum absolute atomic E-state index is 13.5. The van der Waals surface area contributed by atoms with Gasteiger partial charge in [0, 0.05) is 15.4 Å². The zero-order valence-electron chi connectivity index (χ0n) is 18.8. The second-order valence-corrected chi connectivity index (χ2v) is 9.51. The Morgan fingerprint density at radius 3 is 2.47 bits per heavy atom. The van der Waals surface area contributed by atoms with E-state index in [2.05, 4.69) is 21.2 Å². The summed E-state index contributed by atoms with van der Waals surface area (Å²) in [7, 11) is 0. The molecule has 0 aliphatic carbocycles. The lowest BCUT2D eigenvalue weighted by atomic mass is 10.0. The molecule has 172 valence electrons. The molecule has 34 heavy (non-hydrogen) atoms. The highest BCUT2D eigenvalue weighted by Gasteiger charge is 2.26. The molecule has 4 rings (SSSR count). The Morgan fingerprint density at radius 2 is 1.79 bits per heavy atom. The molecule has 0 bridgehead atoms. The van der Waals surface area contributed by atoms with Crippen molar-refractivity contribution < 1.29 is 19.1 Å². The van der Waals surface area contributed by atoms with Crippen LogP contribution in [-0.2, 0) is 4.74 Å². The van der Waals surface area contributed by atoms with Crippen LogP contribution in [-0.4, -0.2) is 29.3 Å². The number of amides is 1. The van der Waals surface area contributed by atoms with Crippen molar-refractivity contribution in [1.82, 2.24) is 4.98 Å². The van der Waals surface area contributed by atoms with Crippen LogP contribution < -0.4 is 5.32 Å². The predicted octanol–water partition coefficient (Wildman–Crippen LogP) is 6.67. The molecular formula is C26H21BrN2O4S. The van der Waals surface area contributed by atoms with Gasteiger partial charge in [0.15, 0.2) is 5.78 Å². The van der Waals surface area contributed by atoms with Crippen molar-refractivity contribution in [3.8, 4) is 11.3 Å². The molecule has 1 amide bonds. The van der Waals surface area contributed by atoms with Crippen molar-refractivity contribution in [1.29, 1.82) is 0 Å². The van der Waals surface area contributed by atoms with Gasteiger partial charge in [-0.05, 0) is 50.6 Å². The Labute approximate surface area is 209 Å². The van der Waals surface area contributed by atoms with E-state index >= 15 is 0 Å². The van der Waals surface area contributed by atoms with Crippen LogP contribution in [0.5, 0.6) is 0 Å². The van der Waals surface area contributed by atoms with E-state index in [0.717, 1.165) is 21.4 Å². The number of nitrogens with zero attached hydrogens (tertiary/aromatic N) is 1. The van der Waals surface area contributed by atoms with E-state index < -0.39 is 11.9 Å². The van der Waals surface area contributed by atoms with Crippen molar-refractivity contribution in [2.45, 2.75) is 20.8 Å². The molecule has 1 N–H and O–H groups in total. The number of rotatable bonds is 6. The number of ketones is 1. The number of nitrogens with one attached hydrogen (secondary N) is 1. The smallest absolute Gasteiger partial charge is 0.341 e. The monoisotopic (exact) mass is 536 g/mol. The zero-order valence-corrected chi connectivity index (χ0v) is 21.2. The van der Waals surface area contributed by atoms with Crippen LogP contribution in [0.2, 0.25) is 0 Å². The van der Waals surface area contributed by atoms with E-state index in [4.69, 9.17) is 9.72 Å². The summed E-state index contributed by atoms with van der Waals surface area (Å²) < 4.78 is 6.12. The highest BCUT2D eigenvalue weighted by atomic mass is 79.9. The summed E-state index contributed by atoms with van der Waals surface area (Å²) in [5.74, 6) is -1.16. The number of benzene rings is 2. The molecule has 0 spiro atoms. The third-order valence-electron chi connectivity index (χ3n) is 5.27. The second-order valence-electron chi connectivity index (χ2n) is 7.57. The summed E-state index contributed by atoms with van der Waals surface area (Å²) in [5.41, 5.74) is 3.30. The topological polar surface area (TPSA) is 85.4 Å². The summed E-state index contributed by atoms with van der Waals surface area (Å²) >= 11 is 4.51. The third kappa shape index (κ3) is 4.64. The number of carbonyl (C=O) groups excluding carboxylic acids is 3. The van der Waals surface area contributed by atoms with Gasteiger partial charge < -0.3 is 10.1 Å². The van der Waals surface area contributed by atoms with Crippen molar-refractivity contribution in [3.63, 3.8) is 0 Å². The number of pyridine rings is 1. The first-order chi connectivity index (χ1) is 16.3. The third-order valence-corrected chi connectivity index (χ3v) is 7.11. The Hall–Kier alpha value is -3.36. The minimum absolute atomic E-state index is 0.180. The number of hydrogen-bond donors (Lipinski definition) is 1. The molecule has 2 heterocycles. The number of halogens is 1. The van der Waals surface area contributed by atoms with Gasteiger partial charge in [0.05, 0.1) is 33.8 Å². The van der Waals surface area contributed by atoms with Crippen LogP contribution in [0.3, 0.4) is 0 Å². The van der Waals surface area contributed by atoms with E-state index in [1.165, 1.54) is 6.92 Å². The molecule has 2 aromatic carbocycles. The highest BCUT2D eigenvalue weighted by Crippen LogP contribution is 2.35. The van der Waals surface area contributed by atoms with Gasteiger partial charge in [0.25, 0.3) is 5.91 Å².